The van der Waals surface area contributed by atoms with Crippen molar-refractivity contribution in [2.24, 2.45) is 0 Å². The number of amides is 1. The number of alkyl carbamates (subject to hydrolysis) is 1. The molecule has 2 N–H and O–H groups in total. The zero-order chi connectivity index (χ0) is 30.9. The molecule has 0 unspecified atom stereocenters. The fourth-order valence-corrected chi connectivity index (χ4v) is 4.30. The highest BCUT2D eigenvalue weighted by atomic mass is 16.6. The van der Waals surface area contributed by atoms with Crippen LogP contribution in [-0.2, 0) is 32.3 Å². The molecule has 0 fully saturated rings. The Balaban J connectivity index is 1.34. The number of carbonyl (C=O) groups excluding carboxylic acids is 3. The molecule has 0 aliphatic heterocycles. The molecule has 0 aliphatic rings. The van der Waals surface area contributed by atoms with Gasteiger partial charge in [0.15, 0.2) is 5.43 Å². The molecule has 0 saturated heterocycles. The molecule has 0 saturated carbocycles. The smallest absolute Gasteiger partial charge is 0.408 e. The summed E-state index contributed by atoms with van der Waals surface area (Å²) >= 11 is 0. The minimum atomic E-state index is -1.51. The summed E-state index contributed by atoms with van der Waals surface area (Å²) in [6.07, 6.45) is -1.54. The first kappa shape index (κ1) is 29.6. The number of fused-ring (bicyclic) bond motifs is 1. The molecule has 0 radical (unpaired) electrons. The molecule has 0 bridgehead atoms. The summed E-state index contributed by atoms with van der Waals surface area (Å²) in [5.74, 6) is -2.24. The Morgan fingerprint density at radius 1 is 0.773 bits per heavy atom. The van der Waals surface area contributed by atoms with Crippen LogP contribution in [0.25, 0.3) is 22.3 Å². The van der Waals surface area contributed by atoms with Crippen molar-refractivity contribution in [3.8, 4) is 22.8 Å². The minimum Gasteiger partial charge on any atom is -0.507 e. The highest BCUT2D eigenvalue weighted by molar-refractivity contribution is 5.90. The first-order chi connectivity index (χ1) is 21.4. The average Bonchev–Trinajstić information content (AvgIpc) is 3.03. The number of nitrogens with one attached hydrogen (secondary N) is 1. The Morgan fingerprint density at radius 3 is 2.00 bits per heavy atom. The SMILES string of the molecule is O=C(C[C@@H](NC(=O)OCc1ccccc1)C(=O)Oc1cc(O)c2c(=O)cc(-c3ccccc3)oc2c1)OCc1ccccc1. The van der Waals surface area contributed by atoms with Gasteiger partial charge in [-0.05, 0) is 11.1 Å². The van der Waals surface area contributed by atoms with Gasteiger partial charge in [0, 0.05) is 23.8 Å². The van der Waals surface area contributed by atoms with Gasteiger partial charge in [-0.15, -0.1) is 0 Å². The Morgan fingerprint density at radius 2 is 1.36 bits per heavy atom. The summed E-state index contributed by atoms with van der Waals surface area (Å²) in [6, 6.07) is 28.8. The lowest BCUT2D eigenvalue weighted by Gasteiger charge is -2.17. The summed E-state index contributed by atoms with van der Waals surface area (Å²) in [6.45, 7) is -0.116. The fourth-order valence-electron chi connectivity index (χ4n) is 4.30. The van der Waals surface area contributed by atoms with Crippen LogP contribution in [0.15, 0.2) is 118 Å². The Kier molecular flexibility index (Phi) is 9.31. The molecule has 0 aliphatic carbocycles. The molecular formula is C34H27NO9. The zero-order valence-electron chi connectivity index (χ0n) is 23.3. The number of hydrogen-bond donors (Lipinski definition) is 2. The highest BCUT2D eigenvalue weighted by Gasteiger charge is 2.28. The summed E-state index contributed by atoms with van der Waals surface area (Å²) in [5.41, 5.74) is 1.54. The third kappa shape index (κ3) is 7.68. The van der Waals surface area contributed by atoms with Crippen LogP contribution in [0.4, 0.5) is 4.79 Å². The van der Waals surface area contributed by atoms with Crippen molar-refractivity contribution in [1.82, 2.24) is 5.32 Å². The first-order valence-electron chi connectivity index (χ1n) is 13.6. The van der Waals surface area contributed by atoms with E-state index in [1.165, 1.54) is 12.1 Å². The van der Waals surface area contributed by atoms with Crippen LogP contribution in [0.2, 0.25) is 0 Å². The summed E-state index contributed by atoms with van der Waals surface area (Å²) in [4.78, 5) is 51.3. The molecule has 1 atom stereocenters. The van der Waals surface area contributed by atoms with E-state index in [9.17, 15) is 24.3 Å². The Hall–Kier alpha value is -5.90. The van der Waals surface area contributed by atoms with Gasteiger partial charge in [-0.1, -0.05) is 91.0 Å². The molecular weight excluding hydrogens is 566 g/mol. The molecule has 222 valence electrons. The van der Waals surface area contributed by atoms with Crippen LogP contribution in [-0.4, -0.2) is 29.2 Å². The predicted octanol–water partition coefficient (Wildman–Crippen LogP) is 5.50. The average molecular weight is 594 g/mol. The van der Waals surface area contributed by atoms with E-state index in [-0.39, 0.29) is 35.7 Å². The molecule has 5 aromatic rings. The number of esters is 2. The summed E-state index contributed by atoms with van der Waals surface area (Å²) in [5, 5.41) is 12.8. The van der Waals surface area contributed by atoms with E-state index >= 15 is 0 Å². The topological polar surface area (TPSA) is 141 Å². The maximum Gasteiger partial charge on any atom is 0.408 e. The second-order valence-electron chi connectivity index (χ2n) is 9.69. The van der Waals surface area contributed by atoms with Gasteiger partial charge in [0.25, 0.3) is 0 Å². The molecule has 0 spiro atoms. The number of benzene rings is 4. The second kappa shape index (κ2) is 13.8. The lowest BCUT2D eigenvalue weighted by molar-refractivity contribution is -0.149. The van der Waals surface area contributed by atoms with Crippen molar-refractivity contribution in [3.63, 3.8) is 0 Å². The Labute approximate surface area is 251 Å². The van der Waals surface area contributed by atoms with Crippen LogP contribution < -0.4 is 15.5 Å². The normalized spacial score (nSPS) is 11.4. The zero-order valence-corrected chi connectivity index (χ0v) is 23.3. The van der Waals surface area contributed by atoms with Crippen molar-refractivity contribution >= 4 is 29.0 Å². The standard InChI is InChI=1S/C34H27NO9/c36-27-16-25(17-30-32(27)28(37)19-29(44-30)24-14-8-3-9-15-24)43-33(39)26(18-31(38)41-20-22-10-4-1-5-11-22)35-34(40)42-21-23-12-6-2-7-13-23/h1-17,19,26,36H,18,20-21H2,(H,35,40)/t26-/m1/s1. The minimum absolute atomic E-state index is 0.0341. The number of phenols is 1. The number of aromatic hydroxyl groups is 1. The van der Waals surface area contributed by atoms with Crippen molar-refractivity contribution in [2.75, 3.05) is 0 Å². The predicted molar refractivity (Wildman–Crippen MR) is 160 cm³/mol. The molecule has 4 aromatic carbocycles. The van der Waals surface area contributed by atoms with E-state index in [1.807, 2.05) is 18.2 Å². The van der Waals surface area contributed by atoms with Gasteiger partial charge < -0.3 is 29.1 Å². The van der Waals surface area contributed by atoms with E-state index in [0.29, 0.717) is 11.1 Å². The van der Waals surface area contributed by atoms with Crippen LogP contribution in [0.5, 0.6) is 11.5 Å². The maximum atomic E-state index is 13.3. The fraction of sp³-hybridized carbons (Fsp3) is 0.118. The van der Waals surface area contributed by atoms with Gasteiger partial charge in [0.05, 0.1) is 6.42 Å². The summed E-state index contributed by atoms with van der Waals surface area (Å²) < 4.78 is 21.8. The first-order valence-corrected chi connectivity index (χ1v) is 13.6. The van der Waals surface area contributed by atoms with Gasteiger partial charge in [-0.2, -0.15) is 0 Å². The van der Waals surface area contributed by atoms with Crippen LogP contribution in [0, 0.1) is 0 Å². The van der Waals surface area contributed by atoms with Crippen molar-refractivity contribution in [1.29, 1.82) is 0 Å². The number of hydrogen-bond acceptors (Lipinski definition) is 9. The van der Waals surface area contributed by atoms with Crippen LogP contribution in [0.3, 0.4) is 0 Å². The molecule has 1 aromatic heterocycles. The van der Waals surface area contributed by atoms with Gasteiger partial charge in [-0.3, -0.25) is 9.59 Å². The van der Waals surface area contributed by atoms with E-state index < -0.39 is 41.7 Å². The van der Waals surface area contributed by atoms with Crippen LogP contribution >= 0.6 is 0 Å². The maximum absolute atomic E-state index is 13.3. The van der Waals surface area contributed by atoms with Crippen LogP contribution in [0.1, 0.15) is 17.5 Å². The molecule has 10 nitrogen and oxygen atoms in total. The Bertz CT molecular complexity index is 1760. The molecule has 44 heavy (non-hydrogen) atoms. The van der Waals surface area contributed by atoms with Crippen molar-refractivity contribution in [3.05, 3.63) is 131 Å². The molecule has 10 heteroatoms. The monoisotopic (exact) mass is 593 g/mol. The number of phenolic OH excluding ortho intramolecular Hbond substituents is 1. The third-order valence-corrected chi connectivity index (χ3v) is 6.46. The quantitative estimate of drug-likeness (QED) is 0.159. The molecule has 1 amide bonds. The van der Waals surface area contributed by atoms with E-state index in [4.69, 9.17) is 18.6 Å². The second-order valence-corrected chi connectivity index (χ2v) is 9.69. The summed E-state index contributed by atoms with van der Waals surface area (Å²) in [7, 11) is 0. The van der Waals surface area contributed by atoms with Gasteiger partial charge in [-0.25, -0.2) is 9.59 Å². The largest absolute Gasteiger partial charge is 0.507 e. The number of carbonyl (C=O) groups is 3. The number of ether oxygens (including phenoxy) is 3. The number of rotatable bonds is 10. The third-order valence-electron chi connectivity index (χ3n) is 6.46. The van der Waals surface area contributed by atoms with Crippen molar-refractivity contribution in [2.45, 2.75) is 25.7 Å². The highest BCUT2D eigenvalue weighted by Crippen LogP contribution is 2.31. The molecule has 5 rings (SSSR count). The van der Waals surface area contributed by atoms with E-state index in [2.05, 4.69) is 5.32 Å². The van der Waals surface area contributed by atoms with Gasteiger partial charge >= 0.3 is 18.0 Å². The van der Waals surface area contributed by atoms with Crippen molar-refractivity contribution < 1.29 is 38.1 Å². The lowest BCUT2D eigenvalue weighted by Crippen LogP contribution is -2.44. The molecule has 1 heterocycles. The van der Waals surface area contributed by atoms with E-state index in [0.717, 1.165) is 11.6 Å². The van der Waals surface area contributed by atoms with Gasteiger partial charge in [0.1, 0.15) is 47.5 Å². The lowest BCUT2D eigenvalue weighted by atomic mass is 10.1. The van der Waals surface area contributed by atoms with Gasteiger partial charge in [0.2, 0.25) is 0 Å². The van der Waals surface area contributed by atoms with E-state index in [1.54, 1.807) is 72.8 Å².